The summed E-state index contributed by atoms with van der Waals surface area (Å²) in [5, 5.41) is 4.01. The van der Waals surface area contributed by atoms with E-state index in [-0.39, 0.29) is 11.0 Å². The number of aryl methyl sites for hydroxylation is 1. The first-order chi connectivity index (χ1) is 7.66. The van der Waals surface area contributed by atoms with E-state index < -0.39 is 0 Å². The number of nitrogens with two attached hydrogens (primary N) is 1. The lowest BCUT2D eigenvalue weighted by Crippen LogP contribution is -2.10. The van der Waals surface area contributed by atoms with Gasteiger partial charge in [0.2, 0.25) is 0 Å². The van der Waals surface area contributed by atoms with Gasteiger partial charge in [-0.3, -0.25) is 4.68 Å². The lowest BCUT2D eigenvalue weighted by Gasteiger charge is -2.06. The number of para-hydroxylation sites is 1. The van der Waals surface area contributed by atoms with Crippen LogP contribution >= 0.6 is 12.2 Å². The fraction of sp³-hybridized carbons (Fsp3) is 0.100. The van der Waals surface area contributed by atoms with E-state index in [1.54, 1.807) is 30.2 Å². The largest absolute Gasteiger partial charge is 0.422 e. The van der Waals surface area contributed by atoms with Crippen LogP contribution < -0.4 is 10.5 Å². The predicted octanol–water partition coefficient (Wildman–Crippen LogP) is 1.24. The molecule has 0 saturated heterocycles. The fourth-order valence-corrected chi connectivity index (χ4v) is 1.39. The number of thiocarbonyl (C=S) groups is 1. The van der Waals surface area contributed by atoms with Crippen molar-refractivity contribution >= 4 is 17.2 Å². The lowest BCUT2D eigenvalue weighted by molar-refractivity contribution is 0.438. The van der Waals surface area contributed by atoms with E-state index in [0.717, 1.165) is 0 Å². The van der Waals surface area contributed by atoms with Gasteiger partial charge in [0.15, 0.2) is 0 Å². The third kappa shape index (κ3) is 2.17. The summed E-state index contributed by atoms with van der Waals surface area (Å²) in [6, 6.07) is 7.50. The Labute approximate surface area is 97.9 Å². The smallest absolute Gasteiger partial charge is 0.341 e. The molecule has 0 spiro atoms. The minimum absolute atomic E-state index is 0.270. The molecule has 0 unspecified atom stereocenters. The van der Waals surface area contributed by atoms with Crippen LogP contribution in [0.25, 0.3) is 0 Å². The molecule has 0 amide bonds. The summed E-state index contributed by atoms with van der Waals surface area (Å²) in [4.78, 5) is 4.24. The summed E-state index contributed by atoms with van der Waals surface area (Å²) < 4.78 is 7.04. The molecule has 16 heavy (non-hydrogen) atoms. The van der Waals surface area contributed by atoms with Crippen molar-refractivity contribution in [1.29, 1.82) is 0 Å². The molecule has 2 aromatic rings. The summed E-state index contributed by atoms with van der Waals surface area (Å²) in [7, 11) is 1.76. The van der Waals surface area contributed by atoms with Crippen molar-refractivity contribution in [1.82, 2.24) is 14.8 Å². The maximum absolute atomic E-state index is 5.58. The number of benzene rings is 1. The molecule has 0 atom stereocenters. The molecule has 0 saturated carbocycles. The van der Waals surface area contributed by atoms with Gasteiger partial charge in [-0.2, -0.15) is 4.98 Å². The molecule has 0 aliphatic carbocycles. The quantitative estimate of drug-likeness (QED) is 0.809. The summed E-state index contributed by atoms with van der Waals surface area (Å²) in [6.07, 6.45) is 1.55. The first-order valence-corrected chi connectivity index (χ1v) is 5.00. The fourth-order valence-electron chi connectivity index (χ4n) is 1.22. The Kier molecular flexibility index (Phi) is 2.82. The van der Waals surface area contributed by atoms with Crippen LogP contribution in [0.15, 0.2) is 30.6 Å². The number of nitrogens with zero attached hydrogens (tertiary/aromatic N) is 3. The number of rotatable bonds is 3. The molecule has 6 heteroatoms. The molecule has 0 aliphatic heterocycles. The first kappa shape index (κ1) is 10.6. The zero-order valence-electron chi connectivity index (χ0n) is 8.62. The average molecular weight is 234 g/mol. The van der Waals surface area contributed by atoms with E-state index in [4.69, 9.17) is 22.7 Å². The molecule has 1 aromatic carbocycles. The van der Waals surface area contributed by atoms with Crippen molar-refractivity contribution < 1.29 is 4.74 Å². The van der Waals surface area contributed by atoms with Crippen molar-refractivity contribution in [2.45, 2.75) is 0 Å². The van der Waals surface area contributed by atoms with Crippen LogP contribution in [0.3, 0.4) is 0 Å². The molecule has 2 N–H and O–H groups in total. The first-order valence-electron chi connectivity index (χ1n) is 4.59. The Hall–Kier alpha value is -1.95. The molecular formula is C10H10N4OS. The van der Waals surface area contributed by atoms with Crippen LogP contribution in [0.2, 0.25) is 0 Å². The molecule has 0 fully saturated rings. The third-order valence-electron chi connectivity index (χ3n) is 1.93. The highest BCUT2D eigenvalue weighted by molar-refractivity contribution is 7.80. The van der Waals surface area contributed by atoms with Gasteiger partial charge in [-0.05, 0) is 12.1 Å². The molecule has 0 aliphatic rings. The van der Waals surface area contributed by atoms with E-state index >= 15 is 0 Å². The van der Waals surface area contributed by atoms with E-state index in [1.807, 2.05) is 12.1 Å². The zero-order valence-corrected chi connectivity index (χ0v) is 9.44. The molecule has 0 radical (unpaired) electrons. The number of ether oxygens (including phenoxy) is 1. The Morgan fingerprint density at radius 3 is 2.81 bits per heavy atom. The maximum atomic E-state index is 5.58. The van der Waals surface area contributed by atoms with Crippen molar-refractivity contribution in [3.63, 3.8) is 0 Å². The summed E-state index contributed by atoms with van der Waals surface area (Å²) in [5.41, 5.74) is 6.25. The van der Waals surface area contributed by atoms with E-state index in [0.29, 0.717) is 11.3 Å². The van der Waals surface area contributed by atoms with E-state index in [9.17, 15) is 0 Å². The van der Waals surface area contributed by atoms with Crippen molar-refractivity contribution in [2.24, 2.45) is 12.8 Å². The Balaban J connectivity index is 2.31. The van der Waals surface area contributed by atoms with Gasteiger partial charge in [0.25, 0.3) is 0 Å². The van der Waals surface area contributed by atoms with Gasteiger partial charge >= 0.3 is 6.01 Å². The summed E-state index contributed by atoms with van der Waals surface area (Å²) >= 11 is 4.92. The highest BCUT2D eigenvalue weighted by Crippen LogP contribution is 2.22. The normalized spacial score (nSPS) is 10.1. The van der Waals surface area contributed by atoms with Gasteiger partial charge in [-0.25, -0.2) is 0 Å². The Morgan fingerprint density at radius 2 is 2.19 bits per heavy atom. The van der Waals surface area contributed by atoms with Gasteiger partial charge in [-0.1, -0.05) is 24.4 Å². The van der Waals surface area contributed by atoms with Crippen LogP contribution in [0.1, 0.15) is 5.56 Å². The Morgan fingerprint density at radius 1 is 1.44 bits per heavy atom. The SMILES string of the molecule is Cn1cnc(Oc2ccccc2C(N)=S)n1. The minimum Gasteiger partial charge on any atom is -0.422 e. The second-order valence-corrected chi connectivity index (χ2v) is 3.60. The molecule has 82 valence electrons. The minimum atomic E-state index is 0.270. The molecule has 5 nitrogen and oxygen atoms in total. The van der Waals surface area contributed by atoms with Crippen LogP contribution in [-0.2, 0) is 7.05 Å². The molecule has 2 rings (SSSR count). The van der Waals surface area contributed by atoms with Crippen LogP contribution in [0, 0.1) is 0 Å². The second kappa shape index (κ2) is 4.28. The molecule has 1 aromatic heterocycles. The van der Waals surface area contributed by atoms with Gasteiger partial charge in [0, 0.05) is 7.05 Å². The number of hydrogen-bond acceptors (Lipinski definition) is 4. The zero-order chi connectivity index (χ0) is 11.5. The van der Waals surface area contributed by atoms with Crippen molar-refractivity contribution in [3.8, 4) is 11.8 Å². The van der Waals surface area contributed by atoms with Gasteiger partial charge in [-0.15, -0.1) is 5.10 Å². The van der Waals surface area contributed by atoms with Gasteiger partial charge in [0.1, 0.15) is 17.1 Å². The monoisotopic (exact) mass is 234 g/mol. The highest BCUT2D eigenvalue weighted by Gasteiger charge is 2.08. The van der Waals surface area contributed by atoms with Gasteiger partial charge < -0.3 is 10.5 Å². The van der Waals surface area contributed by atoms with Crippen LogP contribution in [0.4, 0.5) is 0 Å². The highest BCUT2D eigenvalue weighted by atomic mass is 32.1. The maximum Gasteiger partial charge on any atom is 0.341 e. The van der Waals surface area contributed by atoms with Crippen molar-refractivity contribution in [2.75, 3.05) is 0 Å². The lowest BCUT2D eigenvalue weighted by atomic mass is 10.2. The van der Waals surface area contributed by atoms with E-state index in [1.165, 1.54) is 0 Å². The third-order valence-corrected chi connectivity index (χ3v) is 2.15. The molecule has 0 bridgehead atoms. The van der Waals surface area contributed by atoms with Crippen molar-refractivity contribution in [3.05, 3.63) is 36.2 Å². The predicted molar refractivity (Wildman–Crippen MR) is 63.4 cm³/mol. The average Bonchev–Trinajstić information content (AvgIpc) is 2.64. The molecule has 1 heterocycles. The summed E-state index contributed by atoms with van der Waals surface area (Å²) in [6.45, 7) is 0. The van der Waals surface area contributed by atoms with Crippen LogP contribution in [0.5, 0.6) is 11.8 Å². The van der Waals surface area contributed by atoms with Crippen LogP contribution in [-0.4, -0.2) is 19.8 Å². The Bertz CT molecular complexity index is 523. The van der Waals surface area contributed by atoms with Gasteiger partial charge in [0.05, 0.1) is 5.56 Å². The van der Waals surface area contributed by atoms with E-state index in [2.05, 4.69) is 10.1 Å². The summed E-state index contributed by atoms with van der Waals surface area (Å²) in [5.74, 6) is 0.557. The molecular weight excluding hydrogens is 224 g/mol. The standard InChI is InChI=1S/C10H10N4OS/c1-14-6-12-10(13-14)15-8-5-3-2-4-7(8)9(11)16/h2-6H,1H3,(H2,11,16). The number of hydrogen-bond donors (Lipinski definition) is 1. The number of aromatic nitrogens is 3. The topological polar surface area (TPSA) is 66.0 Å². The second-order valence-electron chi connectivity index (χ2n) is 3.16.